The van der Waals surface area contributed by atoms with Gasteiger partial charge in [0.2, 0.25) is 0 Å². The van der Waals surface area contributed by atoms with Crippen LogP contribution in [0.15, 0.2) is 84.1 Å². The van der Waals surface area contributed by atoms with Gasteiger partial charge in [-0.3, -0.25) is 4.79 Å². The average Bonchev–Trinajstić information content (AvgIpc) is 2.89. The van der Waals surface area contributed by atoms with Crippen molar-refractivity contribution in [3.8, 4) is 0 Å². The van der Waals surface area contributed by atoms with Gasteiger partial charge in [-0.2, -0.15) is 0 Å². The molecule has 1 amide bonds. The van der Waals surface area contributed by atoms with Crippen molar-refractivity contribution in [1.29, 1.82) is 0 Å². The molecule has 2 heterocycles. The van der Waals surface area contributed by atoms with Crippen LogP contribution in [0.3, 0.4) is 0 Å². The molecule has 0 saturated heterocycles. The zero-order valence-corrected chi connectivity index (χ0v) is 22.4. The standard InChI is InChI=1S/C26H21Cl2N5O5S/c27-21-11-18(12-22(28)33-21)25(34)31-19-8-6-16(7-9-19)10-20(26(35)36)32-23-13-24(30-15-29-23)39(37,38)14-17-4-2-1-3-5-17/h1-9,11-13,15,20H,10,14H2,(H,31,34)(H,35,36)(H,29,30,32)/t20-/m0/s1. The van der Waals surface area contributed by atoms with E-state index in [1.807, 2.05) is 0 Å². The summed E-state index contributed by atoms with van der Waals surface area (Å²) in [6.45, 7) is 0. The van der Waals surface area contributed by atoms with Gasteiger partial charge in [0.05, 0.1) is 5.75 Å². The molecule has 0 radical (unpaired) electrons. The normalized spacial score (nSPS) is 11.9. The van der Waals surface area contributed by atoms with Gasteiger partial charge >= 0.3 is 5.97 Å². The molecular formula is C26H21Cl2N5O5S. The summed E-state index contributed by atoms with van der Waals surface area (Å²) in [6, 6.07) is 18.1. The fourth-order valence-electron chi connectivity index (χ4n) is 3.59. The maximum Gasteiger partial charge on any atom is 0.326 e. The van der Waals surface area contributed by atoms with Crippen molar-refractivity contribution in [3.63, 3.8) is 0 Å². The molecule has 200 valence electrons. The Morgan fingerprint density at radius 1 is 0.897 bits per heavy atom. The number of carbonyl (C=O) groups excluding carboxylic acids is 1. The first-order chi connectivity index (χ1) is 18.6. The van der Waals surface area contributed by atoms with Crippen LogP contribution >= 0.6 is 23.2 Å². The van der Waals surface area contributed by atoms with E-state index in [4.69, 9.17) is 23.2 Å². The average molecular weight is 586 g/mol. The van der Waals surface area contributed by atoms with E-state index in [1.165, 1.54) is 18.2 Å². The number of hydrogen-bond acceptors (Lipinski definition) is 8. The van der Waals surface area contributed by atoms with Crippen LogP contribution in [0.2, 0.25) is 10.3 Å². The number of sulfone groups is 1. The maximum atomic E-state index is 12.8. The van der Waals surface area contributed by atoms with Crippen molar-refractivity contribution in [2.45, 2.75) is 23.2 Å². The van der Waals surface area contributed by atoms with Gasteiger partial charge < -0.3 is 15.7 Å². The molecule has 2 aromatic heterocycles. The summed E-state index contributed by atoms with van der Waals surface area (Å²) in [5.74, 6) is -1.80. The highest BCUT2D eigenvalue weighted by Gasteiger charge is 2.22. The predicted molar refractivity (Wildman–Crippen MR) is 147 cm³/mol. The van der Waals surface area contributed by atoms with Crippen molar-refractivity contribution >= 4 is 56.4 Å². The predicted octanol–water partition coefficient (Wildman–Crippen LogP) is 4.51. The quantitative estimate of drug-likeness (QED) is 0.180. The van der Waals surface area contributed by atoms with E-state index < -0.39 is 27.8 Å². The van der Waals surface area contributed by atoms with Crippen LogP contribution in [0.25, 0.3) is 0 Å². The molecule has 4 aromatic rings. The number of carboxylic acid groups (broad SMARTS) is 1. The third kappa shape index (κ3) is 7.73. The second-order valence-corrected chi connectivity index (χ2v) is 11.1. The van der Waals surface area contributed by atoms with Gasteiger partial charge in [0, 0.05) is 23.7 Å². The monoisotopic (exact) mass is 585 g/mol. The number of anilines is 2. The Hall–Kier alpha value is -4.06. The van der Waals surface area contributed by atoms with Gasteiger partial charge in [-0.1, -0.05) is 65.7 Å². The van der Waals surface area contributed by atoms with Gasteiger partial charge in [0.1, 0.15) is 28.5 Å². The van der Waals surface area contributed by atoms with E-state index in [0.29, 0.717) is 16.8 Å². The lowest BCUT2D eigenvalue weighted by Gasteiger charge is -2.16. The van der Waals surface area contributed by atoms with Crippen LogP contribution in [-0.2, 0) is 26.8 Å². The van der Waals surface area contributed by atoms with Crippen LogP contribution in [0.5, 0.6) is 0 Å². The molecule has 0 fully saturated rings. The lowest BCUT2D eigenvalue weighted by Crippen LogP contribution is -2.32. The Balaban J connectivity index is 1.43. The molecule has 0 aliphatic rings. The number of carboxylic acids is 1. The molecule has 0 unspecified atom stereocenters. The van der Waals surface area contributed by atoms with Gasteiger partial charge in [0.25, 0.3) is 5.91 Å². The molecular weight excluding hydrogens is 565 g/mol. The molecule has 0 aliphatic carbocycles. The lowest BCUT2D eigenvalue weighted by molar-refractivity contribution is -0.137. The van der Waals surface area contributed by atoms with Crippen LogP contribution < -0.4 is 10.6 Å². The molecule has 0 aliphatic heterocycles. The van der Waals surface area contributed by atoms with E-state index in [-0.39, 0.29) is 38.9 Å². The SMILES string of the molecule is O=C(Nc1ccc(C[C@H](Nc2cc(S(=O)(=O)Cc3ccccc3)ncn2)C(=O)O)cc1)c1cc(Cl)nc(Cl)c1. The highest BCUT2D eigenvalue weighted by atomic mass is 35.5. The van der Waals surface area contributed by atoms with Crippen LogP contribution in [-0.4, -0.2) is 46.4 Å². The summed E-state index contributed by atoms with van der Waals surface area (Å²) in [5.41, 5.74) is 1.95. The number of pyridine rings is 1. The number of aliphatic carboxylic acids is 1. The van der Waals surface area contributed by atoms with Gasteiger partial charge in [-0.05, 0) is 35.4 Å². The van der Waals surface area contributed by atoms with Crippen molar-refractivity contribution in [3.05, 3.63) is 106 Å². The zero-order valence-electron chi connectivity index (χ0n) is 20.1. The zero-order chi connectivity index (χ0) is 28.0. The first-order valence-electron chi connectivity index (χ1n) is 11.4. The number of benzene rings is 2. The van der Waals surface area contributed by atoms with Crippen LogP contribution in [0.4, 0.5) is 11.5 Å². The summed E-state index contributed by atoms with van der Waals surface area (Å²) < 4.78 is 25.6. The Bertz CT molecular complexity index is 1580. The number of nitrogens with zero attached hydrogens (tertiary/aromatic N) is 3. The smallest absolute Gasteiger partial charge is 0.326 e. The number of nitrogens with one attached hydrogen (secondary N) is 2. The van der Waals surface area contributed by atoms with E-state index in [2.05, 4.69) is 25.6 Å². The van der Waals surface area contributed by atoms with E-state index in [0.717, 1.165) is 6.33 Å². The summed E-state index contributed by atoms with van der Waals surface area (Å²) in [4.78, 5) is 36.1. The van der Waals surface area contributed by atoms with E-state index in [1.54, 1.807) is 54.6 Å². The van der Waals surface area contributed by atoms with Gasteiger partial charge in [-0.15, -0.1) is 0 Å². The first kappa shape index (κ1) is 28.0. The maximum absolute atomic E-state index is 12.8. The lowest BCUT2D eigenvalue weighted by atomic mass is 10.1. The second-order valence-electron chi connectivity index (χ2n) is 8.38. The largest absolute Gasteiger partial charge is 0.480 e. The number of hydrogen-bond donors (Lipinski definition) is 3. The second kappa shape index (κ2) is 12.2. The third-order valence-electron chi connectivity index (χ3n) is 5.46. The Labute approximate surface area is 234 Å². The van der Waals surface area contributed by atoms with Crippen molar-refractivity contribution in [1.82, 2.24) is 15.0 Å². The summed E-state index contributed by atoms with van der Waals surface area (Å²) in [7, 11) is -3.78. The van der Waals surface area contributed by atoms with Gasteiger partial charge in [-0.25, -0.2) is 28.2 Å². The first-order valence-corrected chi connectivity index (χ1v) is 13.8. The topological polar surface area (TPSA) is 151 Å². The van der Waals surface area contributed by atoms with Crippen molar-refractivity contribution in [2.24, 2.45) is 0 Å². The number of amides is 1. The third-order valence-corrected chi connectivity index (χ3v) is 7.42. The Morgan fingerprint density at radius 3 is 2.21 bits per heavy atom. The fraction of sp³-hybridized carbons (Fsp3) is 0.115. The molecule has 4 rings (SSSR count). The number of halogens is 2. The highest BCUT2D eigenvalue weighted by Crippen LogP contribution is 2.20. The summed E-state index contributed by atoms with van der Waals surface area (Å²) in [5, 5.41) is 15.2. The summed E-state index contributed by atoms with van der Waals surface area (Å²) >= 11 is 11.7. The fourth-order valence-corrected chi connectivity index (χ4v) is 5.33. The Morgan fingerprint density at radius 2 is 1.56 bits per heavy atom. The minimum absolute atomic E-state index is 0.0508. The van der Waals surface area contributed by atoms with Gasteiger partial charge in [0.15, 0.2) is 14.9 Å². The van der Waals surface area contributed by atoms with Crippen molar-refractivity contribution in [2.75, 3.05) is 10.6 Å². The number of rotatable bonds is 10. The molecule has 13 heteroatoms. The van der Waals surface area contributed by atoms with Crippen molar-refractivity contribution < 1.29 is 23.1 Å². The molecule has 10 nitrogen and oxygen atoms in total. The molecule has 3 N–H and O–H groups in total. The molecule has 0 saturated carbocycles. The molecule has 0 spiro atoms. The minimum Gasteiger partial charge on any atom is -0.480 e. The van der Waals surface area contributed by atoms with Crippen LogP contribution in [0.1, 0.15) is 21.5 Å². The number of carbonyl (C=O) groups is 2. The molecule has 1 atom stereocenters. The number of aromatic nitrogens is 3. The van der Waals surface area contributed by atoms with E-state index >= 15 is 0 Å². The highest BCUT2D eigenvalue weighted by molar-refractivity contribution is 7.90. The molecule has 39 heavy (non-hydrogen) atoms. The summed E-state index contributed by atoms with van der Waals surface area (Å²) in [6.07, 6.45) is 1.12. The Kier molecular flexibility index (Phi) is 8.75. The minimum atomic E-state index is -3.78. The molecule has 0 bridgehead atoms. The van der Waals surface area contributed by atoms with Crippen LogP contribution in [0, 0.1) is 0 Å². The molecule has 2 aromatic carbocycles. The van der Waals surface area contributed by atoms with E-state index in [9.17, 15) is 23.1 Å².